The van der Waals surface area contributed by atoms with Gasteiger partial charge in [0.05, 0.1) is 17.6 Å². The Morgan fingerprint density at radius 3 is 2.85 bits per heavy atom. The first kappa shape index (κ1) is 18.0. The summed E-state index contributed by atoms with van der Waals surface area (Å²) in [6.07, 6.45) is 8.44. The normalized spacial score (nSPS) is 24.7. The average molecular weight is 367 g/mol. The van der Waals surface area contributed by atoms with E-state index in [1.54, 1.807) is 19.1 Å². The topological polar surface area (TPSA) is 46.9 Å². The van der Waals surface area contributed by atoms with Crippen molar-refractivity contribution in [3.8, 4) is 5.69 Å². The van der Waals surface area contributed by atoms with Gasteiger partial charge in [-0.15, -0.1) is 0 Å². The monoisotopic (exact) mass is 367 g/mol. The van der Waals surface area contributed by atoms with Crippen molar-refractivity contribution in [3.05, 3.63) is 53.1 Å². The van der Waals surface area contributed by atoms with Crippen LogP contribution in [-0.4, -0.2) is 21.7 Å². The molecule has 0 spiro atoms. The zero-order chi connectivity index (χ0) is 19.2. The number of carbonyl (C=O) groups excluding carboxylic acids is 1. The number of rotatable bonds is 4. The summed E-state index contributed by atoms with van der Waals surface area (Å²) in [5, 5.41) is 7.60. The molecule has 1 amide bonds. The number of carbonyl (C=O) groups is 1. The van der Waals surface area contributed by atoms with Crippen molar-refractivity contribution in [2.24, 2.45) is 11.3 Å². The maximum absolute atomic E-state index is 13.3. The molecular weight excluding hydrogens is 341 g/mol. The van der Waals surface area contributed by atoms with Crippen LogP contribution in [0, 0.1) is 17.2 Å². The van der Waals surface area contributed by atoms with Crippen LogP contribution in [0.25, 0.3) is 11.8 Å². The molecule has 2 aromatic rings. The number of halogens is 1. The van der Waals surface area contributed by atoms with Gasteiger partial charge < -0.3 is 5.32 Å². The van der Waals surface area contributed by atoms with E-state index < -0.39 is 0 Å². The summed E-state index contributed by atoms with van der Waals surface area (Å²) in [6.45, 7) is 6.03. The molecule has 2 aliphatic carbocycles. The minimum atomic E-state index is -0.238. The van der Waals surface area contributed by atoms with Gasteiger partial charge in [0.15, 0.2) is 0 Å². The predicted molar refractivity (Wildman–Crippen MR) is 104 cm³/mol. The van der Waals surface area contributed by atoms with Crippen molar-refractivity contribution < 1.29 is 9.18 Å². The van der Waals surface area contributed by atoms with E-state index in [0.29, 0.717) is 5.92 Å². The van der Waals surface area contributed by atoms with E-state index in [2.05, 4.69) is 30.3 Å². The molecule has 1 N–H and O–H groups in total. The molecule has 2 aliphatic rings. The number of nitrogens with one attached hydrogen (secondary N) is 1. The molecule has 3 unspecified atom stereocenters. The van der Waals surface area contributed by atoms with E-state index >= 15 is 0 Å². The molecular formula is C22H26FN3O. The molecule has 0 bridgehead atoms. The van der Waals surface area contributed by atoms with Gasteiger partial charge in [-0.05, 0) is 79.8 Å². The number of hydrogen-bond acceptors (Lipinski definition) is 2. The molecule has 1 aromatic heterocycles. The standard InChI is InChI=1S/C22H26FN3O/c1-14(25-15(2)27)10-17-4-5-18-11-21-16(12-22(17,18)3)13-24-26(21)20-8-6-19(23)7-9-20/h6-9,11,13-14,17H,4-5,10,12H2,1-3H3,(H,25,27). The fourth-order valence-corrected chi connectivity index (χ4v) is 4.93. The highest BCUT2D eigenvalue weighted by molar-refractivity contribution is 5.73. The predicted octanol–water partition coefficient (Wildman–Crippen LogP) is 4.28. The molecule has 1 saturated carbocycles. The van der Waals surface area contributed by atoms with Gasteiger partial charge in [-0.25, -0.2) is 9.07 Å². The van der Waals surface area contributed by atoms with Crippen LogP contribution in [0.15, 0.2) is 36.0 Å². The van der Waals surface area contributed by atoms with Crippen LogP contribution in [0.3, 0.4) is 0 Å². The van der Waals surface area contributed by atoms with Gasteiger partial charge in [0.2, 0.25) is 5.91 Å². The fourth-order valence-electron chi connectivity index (χ4n) is 4.93. The second kappa shape index (κ2) is 6.63. The summed E-state index contributed by atoms with van der Waals surface area (Å²) < 4.78 is 15.2. The molecule has 4 nitrogen and oxygen atoms in total. The number of amides is 1. The van der Waals surface area contributed by atoms with Crippen molar-refractivity contribution in [2.75, 3.05) is 0 Å². The average Bonchev–Trinajstić information content (AvgIpc) is 3.13. The molecule has 0 aliphatic heterocycles. The third-order valence-electron chi connectivity index (χ3n) is 6.31. The van der Waals surface area contributed by atoms with Crippen LogP contribution >= 0.6 is 0 Å². The molecule has 0 radical (unpaired) electrons. The summed E-state index contributed by atoms with van der Waals surface area (Å²) in [5.41, 5.74) is 4.83. The largest absolute Gasteiger partial charge is 0.354 e. The van der Waals surface area contributed by atoms with Crippen LogP contribution in [0.1, 0.15) is 51.3 Å². The van der Waals surface area contributed by atoms with Gasteiger partial charge in [0.25, 0.3) is 0 Å². The van der Waals surface area contributed by atoms with Crippen molar-refractivity contribution in [1.29, 1.82) is 0 Å². The fraction of sp³-hybridized carbons (Fsp3) is 0.455. The number of benzene rings is 1. The summed E-state index contributed by atoms with van der Waals surface area (Å²) >= 11 is 0. The third-order valence-corrected chi connectivity index (χ3v) is 6.31. The Bertz CT molecular complexity index is 899. The Hall–Kier alpha value is -2.43. The van der Waals surface area contributed by atoms with Crippen LogP contribution in [0.2, 0.25) is 0 Å². The van der Waals surface area contributed by atoms with E-state index in [1.165, 1.54) is 23.3 Å². The third kappa shape index (κ3) is 3.20. The zero-order valence-electron chi connectivity index (χ0n) is 16.1. The Labute approximate surface area is 159 Å². The van der Waals surface area contributed by atoms with Crippen LogP contribution < -0.4 is 5.32 Å². The van der Waals surface area contributed by atoms with E-state index in [-0.39, 0.29) is 23.2 Å². The summed E-state index contributed by atoms with van der Waals surface area (Å²) in [6, 6.07) is 6.66. The number of allylic oxidation sites excluding steroid dienone is 1. The minimum absolute atomic E-state index is 0.0351. The number of nitrogens with zero attached hydrogens (tertiary/aromatic N) is 2. The lowest BCUT2D eigenvalue weighted by atomic mass is 9.68. The first-order chi connectivity index (χ1) is 12.9. The molecule has 1 heterocycles. The second-order valence-electron chi connectivity index (χ2n) is 8.28. The van der Waals surface area contributed by atoms with Crippen molar-refractivity contribution >= 4 is 12.0 Å². The van der Waals surface area contributed by atoms with Gasteiger partial charge >= 0.3 is 0 Å². The Kier molecular flexibility index (Phi) is 4.41. The molecule has 1 fully saturated rings. The van der Waals surface area contributed by atoms with E-state index in [9.17, 15) is 9.18 Å². The quantitative estimate of drug-likeness (QED) is 0.877. The summed E-state index contributed by atoms with van der Waals surface area (Å²) in [7, 11) is 0. The summed E-state index contributed by atoms with van der Waals surface area (Å²) in [5.74, 6) is 0.346. The first-order valence-corrected chi connectivity index (χ1v) is 9.68. The molecule has 1 aromatic carbocycles. The summed E-state index contributed by atoms with van der Waals surface area (Å²) in [4.78, 5) is 11.4. The van der Waals surface area contributed by atoms with E-state index in [0.717, 1.165) is 37.1 Å². The Balaban J connectivity index is 1.61. The molecule has 142 valence electrons. The molecule has 3 atom stereocenters. The van der Waals surface area contributed by atoms with Crippen molar-refractivity contribution in [3.63, 3.8) is 0 Å². The number of hydrogen-bond donors (Lipinski definition) is 1. The lowest BCUT2D eigenvalue weighted by molar-refractivity contribution is -0.119. The molecule has 27 heavy (non-hydrogen) atoms. The number of fused-ring (bicyclic) bond motifs is 2. The highest BCUT2D eigenvalue weighted by Crippen LogP contribution is 2.54. The number of aromatic nitrogens is 2. The van der Waals surface area contributed by atoms with Gasteiger partial charge in [-0.1, -0.05) is 12.5 Å². The molecule has 4 rings (SSSR count). The van der Waals surface area contributed by atoms with Crippen molar-refractivity contribution in [2.45, 2.75) is 52.5 Å². The second-order valence-corrected chi connectivity index (χ2v) is 8.28. The van der Waals surface area contributed by atoms with Gasteiger partial charge in [0.1, 0.15) is 5.82 Å². The Morgan fingerprint density at radius 1 is 1.41 bits per heavy atom. The first-order valence-electron chi connectivity index (χ1n) is 9.68. The Morgan fingerprint density at radius 2 is 2.15 bits per heavy atom. The highest BCUT2D eigenvalue weighted by atomic mass is 19.1. The van der Waals surface area contributed by atoms with E-state index in [4.69, 9.17) is 0 Å². The zero-order valence-corrected chi connectivity index (χ0v) is 16.1. The maximum atomic E-state index is 13.3. The van der Waals surface area contributed by atoms with Crippen LogP contribution in [0.4, 0.5) is 4.39 Å². The smallest absolute Gasteiger partial charge is 0.217 e. The van der Waals surface area contributed by atoms with Gasteiger partial charge in [-0.3, -0.25) is 4.79 Å². The van der Waals surface area contributed by atoms with Crippen LogP contribution in [-0.2, 0) is 11.2 Å². The van der Waals surface area contributed by atoms with Crippen molar-refractivity contribution in [1.82, 2.24) is 15.1 Å². The molecule has 5 heteroatoms. The minimum Gasteiger partial charge on any atom is -0.354 e. The maximum Gasteiger partial charge on any atom is 0.217 e. The lowest BCUT2D eigenvalue weighted by Crippen LogP contribution is -2.36. The highest BCUT2D eigenvalue weighted by Gasteiger charge is 2.45. The van der Waals surface area contributed by atoms with Gasteiger partial charge in [-0.2, -0.15) is 5.10 Å². The SMILES string of the molecule is CC(=O)NC(C)CC1CCC2=Cc3c(cnn3-c3ccc(F)cc3)CC21C. The van der Waals surface area contributed by atoms with Crippen LogP contribution in [0.5, 0.6) is 0 Å². The van der Waals surface area contributed by atoms with E-state index in [1.807, 2.05) is 10.9 Å². The molecule has 0 saturated heterocycles. The lowest BCUT2D eigenvalue weighted by Gasteiger charge is -2.37. The van der Waals surface area contributed by atoms with Gasteiger partial charge in [0, 0.05) is 13.0 Å².